The van der Waals surface area contributed by atoms with Crippen molar-refractivity contribution in [3.05, 3.63) is 133 Å². The van der Waals surface area contributed by atoms with Gasteiger partial charge in [-0.3, -0.25) is 0 Å². The fourth-order valence-electron chi connectivity index (χ4n) is 8.38. The second kappa shape index (κ2) is 7.71. The first-order valence-electron chi connectivity index (χ1n) is 14.3. The smallest absolute Gasteiger partial charge is 0.250 e. The standard InChI is InChI=1S/C36H22B2O2Si/c1-5-15-27-23(11-1)37-25-13-3-7-19-31(25)41(33-21-9-17-29(39-27)35(33)37)32-20-8-4-14-26(32)38-24-12-2-6-16-28(24)40-30-18-10-22-34(41)36(30)38/h1-22H. The highest BCUT2D eigenvalue weighted by molar-refractivity contribution is 7.31. The molecule has 0 unspecified atom stereocenters. The van der Waals surface area contributed by atoms with E-state index in [4.69, 9.17) is 9.47 Å². The molecule has 0 radical (unpaired) electrons. The van der Waals surface area contributed by atoms with Crippen LogP contribution in [-0.2, 0) is 0 Å². The van der Waals surface area contributed by atoms with Gasteiger partial charge in [0.25, 0.3) is 13.4 Å². The largest absolute Gasteiger partial charge is 0.458 e. The summed E-state index contributed by atoms with van der Waals surface area (Å²) < 4.78 is 13.3. The molecule has 0 aliphatic carbocycles. The maximum Gasteiger partial charge on any atom is 0.250 e. The fourth-order valence-corrected chi connectivity index (χ4v) is 14.2. The minimum atomic E-state index is -2.77. The van der Waals surface area contributed by atoms with E-state index in [9.17, 15) is 0 Å². The van der Waals surface area contributed by atoms with Gasteiger partial charge in [0.05, 0.1) is 0 Å². The Bertz CT molecular complexity index is 1950. The third-order valence-electron chi connectivity index (χ3n) is 9.77. The first kappa shape index (κ1) is 22.0. The van der Waals surface area contributed by atoms with Crippen LogP contribution in [0.25, 0.3) is 0 Å². The van der Waals surface area contributed by atoms with Gasteiger partial charge in [0, 0.05) is 0 Å². The van der Waals surface area contributed by atoms with Gasteiger partial charge in [0.2, 0.25) is 0 Å². The van der Waals surface area contributed by atoms with E-state index in [0.29, 0.717) is 0 Å². The van der Waals surface area contributed by atoms with Crippen molar-refractivity contribution in [3.63, 3.8) is 0 Å². The molecule has 2 nitrogen and oxygen atoms in total. The van der Waals surface area contributed by atoms with Crippen molar-refractivity contribution >= 4 is 75.0 Å². The van der Waals surface area contributed by atoms with Crippen LogP contribution in [0.3, 0.4) is 0 Å². The van der Waals surface area contributed by atoms with E-state index in [1.165, 1.54) is 53.5 Å². The van der Waals surface area contributed by atoms with Gasteiger partial charge in [0.15, 0.2) is 8.07 Å². The van der Waals surface area contributed by atoms with Crippen LogP contribution in [0.1, 0.15) is 0 Å². The Balaban J connectivity index is 1.40. The average molecular weight is 536 g/mol. The van der Waals surface area contributed by atoms with Crippen LogP contribution in [-0.4, -0.2) is 21.5 Å². The number of hydrogen-bond acceptors (Lipinski definition) is 2. The number of para-hydroxylation sites is 2. The number of ether oxygens (including phenoxy) is 2. The predicted octanol–water partition coefficient (Wildman–Crippen LogP) is 0.935. The molecule has 0 aromatic heterocycles. The van der Waals surface area contributed by atoms with E-state index >= 15 is 0 Å². The van der Waals surface area contributed by atoms with Gasteiger partial charge in [-0.05, 0) is 66.9 Å². The first-order valence-corrected chi connectivity index (χ1v) is 16.3. The molecule has 4 aliphatic heterocycles. The maximum atomic E-state index is 6.67. The molecule has 5 heteroatoms. The van der Waals surface area contributed by atoms with Gasteiger partial charge in [-0.2, -0.15) is 0 Å². The van der Waals surface area contributed by atoms with Crippen molar-refractivity contribution in [2.75, 3.05) is 0 Å². The zero-order valence-electron chi connectivity index (χ0n) is 22.2. The van der Waals surface area contributed by atoms with Crippen LogP contribution < -0.4 is 63.0 Å². The van der Waals surface area contributed by atoms with Crippen molar-refractivity contribution in [1.29, 1.82) is 0 Å². The molecular weight excluding hydrogens is 514 g/mol. The Morgan fingerprint density at radius 1 is 0.341 bits per heavy atom. The summed E-state index contributed by atoms with van der Waals surface area (Å²) in [5, 5.41) is 5.83. The van der Waals surface area contributed by atoms with Crippen LogP contribution in [0.5, 0.6) is 23.0 Å². The Morgan fingerprint density at radius 2 is 0.707 bits per heavy atom. The summed E-state index contributed by atoms with van der Waals surface area (Å²) >= 11 is 0. The minimum Gasteiger partial charge on any atom is -0.458 e. The van der Waals surface area contributed by atoms with Gasteiger partial charge in [0.1, 0.15) is 23.0 Å². The van der Waals surface area contributed by atoms with Gasteiger partial charge in [-0.25, -0.2) is 0 Å². The topological polar surface area (TPSA) is 18.5 Å². The lowest BCUT2D eigenvalue weighted by molar-refractivity contribution is 0.487. The lowest BCUT2D eigenvalue weighted by atomic mass is 9.35. The monoisotopic (exact) mass is 536 g/mol. The van der Waals surface area contributed by atoms with Gasteiger partial charge >= 0.3 is 0 Å². The van der Waals surface area contributed by atoms with Crippen LogP contribution in [0.4, 0.5) is 0 Å². The first-order chi connectivity index (χ1) is 20.4. The Kier molecular flexibility index (Phi) is 4.14. The zero-order valence-corrected chi connectivity index (χ0v) is 23.2. The van der Waals surface area contributed by atoms with E-state index in [2.05, 4.69) is 133 Å². The normalized spacial score (nSPS) is 15.3. The molecule has 6 aromatic carbocycles. The van der Waals surface area contributed by atoms with E-state index in [1.54, 1.807) is 0 Å². The van der Waals surface area contributed by atoms with Gasteiger partial charge in [-0.15, -0.1) is 0 Å². The van der Waals surface area contributed by atoms with E-state index in [1.807, 2.05) is 0 Å². The van der Waals surface area contributed by atoms with E-state index < -0.39 is 8.07 Å². The van der Waals surface area contributed by atoms with Crippen molar-refractivity contribution in [3.8, 4) is 23.0 Å². The molecule has 4 aliphatic rings. The summed E-state index contributed by atoms with van der Waals surface area (Å²) in [7, 11) is -2.77. The van der Waals surface area contributed by atoms with Crippen LogP contribution >= 0.6 is 0 Å². The molecule has 0 bridgehead atoms. The molecule has 188 valence electrons. The molecule has 10 rings (SSSR count). The summed E-state index contributed by atoms with van der Waals surface area (Å²) in [5.74, 6) is 3.89. The second-order valence-corrected chi connectivity index (χ2v) is 15.2. The molecule has 4 heterocycles. The Morgan fingerprint density at radius 3 is 1.20 bits per heavy atom. The SMILES string of the molecule is c1ccc2c(c1)Oc1cccc3c1B2c1ccccc1[Si]31c2ccccc2B2c3ccccc3Oc3cccc1c32. The third kappa shape index (κ3) is 2.57. The molecule has 6 aromatic rings. The zero-order chi connectivity index (χ0) is 26.7. The van der Waals surface area contributed by atoms with Crippen molar-refractivity contribution < 1.29 is 9.47 Å². The van der Waals surface area contributed by atoms with Crippen LogP contribution in [0.15, 0.2) is 133 Å². The molecule has 0 saturated heterocycles. The molecular formula is C36H22B2O2Si. The molecule has 0 amide bonds. The summed E-state index contributed by atoms with van der Waals surface area (Å²) in [5.41, 5.74) is 7.96. The van der Waals surface area contributed by atoms with Crippen molar-refractivity contribution in [2.24, 2.45) is 0 Å². The highest BCUT2D eigenvalue weighted by Gasteiger charge is 2.57. The second-order valence-electron chi connectivity index (χ2n) is 11.5. The predicted molar refractivity (Wildman–Crippen MR) is 172 cm³/mol. The van der Waals surface area contributed by atoms with E-state index in [-0.39, 0.29) is 13.4 Å². The summed E-state index contributed by atoms with van der Waals surface area (Å²) in [6, 6.07) is 49.2. The highest BCUT2D eigenvalue weighted by atomic mass is 28.3. The molecule has 0 atom stereocenters. The van der Waals surface area contributed by atoms with E-state index in [0.717, 1.165) is 23.0 Å². The highest BCUT2D eigenvalue weighted by Crippen LogP contribution is 2.29. The summed E-state index contributed by atoms with van der Waals surface area (Å²) in [4.78, 5) is 0. The Hall–Kier alpha value is -4.73. The number of hydrogen-bond donors (Lipinski definition) is 0. The van der Waals surface area contributed by atoms with Gasteiger partial charge in [-0.1, -0.05) is 120 Å². The quantitative estimate of drug-likeness (QED) is 0.269. The minimum absolute atomic E-state index is 0.141. The van der Waals surface area contributed by atoms with Crippen molar-refractivity contribution in [2.45, 2.75) is 0 Å². The molecule has 1 spiro atoms. The average Bonchev–Trinajstić information content (AvgIpc) is 3.03. The lowest BCUT2D eigenvalue weighted by Gasteiger charge is -2.49. The number of benzene rings is 6. The van der Waals surface area contributed by atoms with Crippen LogP contribution in [0.2, 0.25) is 0 Å². The molecule has 0 N–H and O–H groups in total. The number of rotatable bonds is 0. The molecule has 41 heavy (non-hydrogen) atoms. The number of fused-ring (bicyclic) bond motifs is 12. The fraction of sp³-hybridized carbons (Fsp3) is 0. The Labute approximate surface area is 240 Å². The lowest BCUT2D eigenvalue weighted by Crippen LogP contribution is -2.93. The third-order valence-corrected chi connectivity index (χ3v) is 14.8. The maximum absolute atomic E-state index is 6.67. The summed E-state index contributed by atoms with van der Waals surface area (Å²) in [6.07, 6.45) is 0. The van der Waals surface area contributed by atoms with Gasteiger partial charge < -0.3 is 9.47 Å². The molecule has 0 fully saturated rings. The summed E-state index contributed by atoms with van der Waals surface area (Å²) in [6.45, 7) is 0.281. The van der Waals surface area contributed by atoms with Crippen molar-refractivity contribution in [1.82, 2.24) is 0 Å². The molecule has 0 saturated carbocycles. The van der Waals surface area contributed by atoms with Crippen LogP contribution in [0, 0.1) is 0 Å².